The third-order valence-electron chi connectivity index (χ3n) is 4.06. The van der Waals surface area contributed by atoms with Gasteiger partial charge < -0.3 is 15.8 Å². The molecule has 4 heteroatoms. The summed E-state index contributed by atoms with van der Waals surface area (Å²) >= 11 is 0. The van der Waals surface area contributed by atoms with Gasteiger partial charge in [-0.25, -0.2) is 0 Å². The summed E-state index contributed by atoms with van der Waals surface area (Å²) in [7, 11) is 0. The summed E-state index contributed by atoms with van der Waals surface area (Å²) in [6, 6.07) is 9.21. The van der Waals surface area contributed by atoms with Gasteiger partial charge in [-0.15, -0.1) is 0 Å². The Morgan fingerprint density at radius 1 is 1.24 bits per heavy atom. The molecule has 0 radical (unpaired) electrons. The van der Waals surface area contributed by atoms with Gasteiger partial charge in [-0.3, -0.25) is 4.79 Å². The van der Waals surface area contributed by atoms with Gasteiger partial charge in [0.2, 0.25) is 5.91 Å². The van der Waals surface area contributed by atoms with Gasteiger partial charge in [0.15, 0.2) is 0 Å². The zero-order valence-electron chi connectivity index (χ0n) is 12.6. The second kappa shape index (κ2) is 8.67. The SMILES string of the molecule is NC(CC1CCCCC1)C(=O)NCCOc1ccccc1. The summed E-state index contributed by atoms with van der Waals surface area (Å²) in [5, 5.41) is 2.85. The molecule has 4 nitrogen and oxygen atoms in total. The van der Waals surface area contributed by atoms with Crippen LogP contribution in [0.2, 0.25) is 0 Å². The fourth-order valence-electron chi connectivity index (χ4n) is 2.88. The van der Waals surface area contributed by atoms with Gasteiger partial charge in [-0.2, -0.15) is 0 Å². The van der Waals surface area contributed by atoms with Gasteiger partial charge in [-0.05, 0) is 24.5 Å². The number of hydrogen-bond donors (Lipinski definition) is 2. The van der Waals surface area contributed by atoms with Crippen molar-refractivity contribution in [2.24, 2.45) is 11.7 Å². The van der Waals surface area contributed by atoms with Crippen LogP contribution in [0.25, 0.3) is 0 Å². The van der Waals surface area contributed by atoms with E-state index in [0.717, 1.165) is 12.2 Å². The molecule has 1 aromatic carbocycles. The molecule has 1 aliphatic rings. The van der Waals surface area contributed by atoms with Crippen LogP contribution in [-0.2, 0) is 4.79 Å². The normalized spacial score (nSPS) is 17.2. The molecule has 1 aromatic rings. The second-order valence-electron chi connectivity index (χ2n) is 5.80. The molecular formula is C17H26N2O2. The van der Waals surface area contributed by atoms with Crippen LogP contribution in [0.3, 0.4) is 0 Å². The van der Waals surface area contributed by atoms with Crippen LogP contribution in [-0.4, -0.2) is 25.1 Å². The molecule has 1 fully saturated rings. The van der Waals surface area contributed by atoms with E-state index in [0.29, 0.717) is 19.1 Å². The number of ether oxygens (including phenoxy) is 1. The van der Waals surface area contributed by atoms with E-state index >= 15 is 0 Å². The minimum absolute atomic E-state index is 0.0581. The van der Waals surface area contributed by atoms with Gasteiger partial charge in [0.1, 0.15) is 12.4 Å². The maximum atomic E-state index is 11.9. The molecule has 1 amide bonds. The number of para-hydroxylation sites is 1. The van der Waals surface area contributed by atoms with Gasteiger partial charge in [0.25, 0.3) is 0 Å². The van der Waals surface area contributed by atoms with E-state index in [4.69, 9.17) is 10.5 Å². The van der Waals surface area contributed by atoms with Gasteiger partial charge >= 0.3 is 0 Å². The van der Waals surface area contributed by atoms with Crippen LogP contribution < -0.4 is 15.8 Å². The van der Waals surface area contributed by atoms with Crippen molar-refractivity contribution < 1.29 is 9.53 Å². The number of carbonyl (C=O) groups excluding carboxylic acids is 1. The zero-order chi connectivity index (χ0) is 14.9. The number of amides is 1. The predicted octanol–water partition coefficient (Wildman–Crippen LogP) is 2.48. The molecule has 1 saturated carbocycles. The first-order valence-corrected chi connectivity index (χ1v) is 7.97. The lowest BCUT2D eigenvalue weighted by molar-refractivity contribution is -0.122. The summed E-state index contributed by atoms with van der Waals surface area (Å²) in [5.41, 5.74) is 5.99. The number of hydrogen-bond acceptors (Lipinski definition) is 3. The monoisotopic (exact) mass is 290 g/mol. The van der Waals surface area contributed by atoms with Crippen molar-refractivity contribution in [1.29, 1.82) is 0 Å². The maximum absolute atomic E-state index is 11.9. The lowest BCUT2D eigenvalue weighted by Crippen LogP contribution is -2.43. The highest BCUT2D eigenvalue weighted by Gasteiger charge is 2.20. The van der Waals surface area contributed by atoms with Crippen LogP contribution in [0.1, 0.15) is 38.5 Å². The first-order valence-electron chi connectivity index (χ1n) is 7.97. The Hall–Kier alpha value is -1.55. The molecule has 0 spiro atoms. The molecule has 1 unspecified atom stereocenters. The maximum Gasteiger partial charge on any atom is 0.237 e. The molecule has 1 atom stereocenters. The van der Waals surface area contributed by atoms with E-state index in [9.17, 15) is 4.79 Å². The third kappa shape index (κ3) is 5.76. The Kier molecular flexibility index (Phi) is 6.54. The standard InChI is InChI=1S/C17H26N2O2/c18-16(13-14-7-3-1-4-8-14)17(20)19-11-12-21-15-9-5-2-6-10-15/h2,5-6,9-10,14,16H,1,3-4,7-8,11-13,18H2,(H,19,20). The smallest absolute Gasteiger partial charge is 0.237 e. The molecule has 0 bridgehead atoms. The van der Waals surface area contributed by atoms with Crippen molar-refractivity contribution in [3.05, 3.63) is 30.3 Å². The van der Waals surface area contributed by atoms with E-state index in [1.165, 1.54) is 32.1 Å². The number of nitrogens with two attached hydrogens (primary N) is 1. The largest absolute Gasteiger partial charge is 0.492 e. The molecule has 0 saturated heterocycles. The lowest BCUT2D eigenvalue weighted by Gasteiger charge is -2.24. The number of rotatable bonds is 7. The molecule has 116 valence electrons. The quantitative estimate of drug-likeness (QED) is 0.758. The summed E-state index contributed by atoms with van der Waals surface area (Å²) in [6.07, 6.45) is 7.14. The van der Waals surface area contributed by atoms with Crippen molar-refractivity contribution >= 4 is 5.91 Å². The molecule has 21 heavy (non-hydrogen) atoms. The van der Waals surface area contributed by atoms with Crippen molar-refractivity contribution in [3.63, 3.8) is 0 Å². The van der Waals surface area contributed by atoms with E-state index in [1.807, 2.05) is 30.3 Å². The lowest BCUT2D eigenvalue weighted by atomic mass is 9.85. The average Bonchev–Trinajstić information content (AvgIpc) is 2.53. The Balaban J connectivity index is 1.60. The Labute approximate surface area is 127 Å². The van der Waals surface area contributed by atoms with E-state index < -0.39 is 0 Å². The molecule has 0 aromatic heterocycles. The highest BCUT2D eigenvalue weighted by Crippen LogP contribution is 2.26. The predicted molar refractivity (Wildman–Crippen MR) is 84.1 cm³/mol. The van der Waals surface area contributed by atoms with Crippen molar-refractivity contribution in [2.45, 2.75) is 44.6 Å². The van der Waals surface area contributed by atoms with Gasteiger partial charge in [0.05, 0.1) is 12.6 Å². The number of benzene rings is 1. The van der Waals surface area contributed by atoms with Crippen LogP contribution in [0.4, 0.5) is 0 Å². The van der Waals surface area contributed by atoms with Gasteiger partial charge in [0, 0.05) is 0 Å². The summed E-state index contributed by atoms with van der Waals surface area (Å²) in [4.78, 5) is 11.9. The Morgan fingerprint density at radius 2 is 1.95 bits per heavy atom. The minimum Gasteiger partial charge on any atom is -0.492 e. The van der Waals surface area contributed by atoms with Crippen LogP contribution in [0.15, 0.2) is 30.3 Å². The highest BCUT2D eigenvalue weighted by atomic mass is 16.5. The number of nitrogens with one attached hydrogen (secondary N) is 1. The van der Waals surface area contributed by atoms with Crippen molar-refractivity contribution in [3.8, 4) is 5.75 Å². The Morgan fingerprint density at radius 3 is 2.67 bits per heavy atom. The number of carbonyl (C=O) groups is 1. The van der Waals surface area contributed by atoms with Crippen LogP contribution in [0.5, 0.6) is 5.75 Å². The summed E-state index contributed by atoms with van der Waals surface area (Å²) in [6.45, 7) is 0.956. The fraction of sp³-hybridized carbons (Fsp3) is 0.588. The van der Waals surface area contributed by atoms with E-state index in [-0.39, 0.29) is 11.9 Å². The first kappa shape index (κ1) is 15.8. The minimum atomic E-state index is -0.384. The van der Waals surface area contributed by atoms with Crippen molar-refractivity contribution in [1.82, 2.24) is 5.32 Å². The average molecular weight is 290 g/mol. The van der Waals surface area contributed by atoms with E-state index in [2.05, 4.69) is 5.32 Å². The van der Waals surface area contributed by atoms with Crippen molar-refractivity contribution in [2.75, 3.05) is 13.2 Å². The Bertz CT molecular complexity index is 416. The highest BCUT2D eigenvalue weighted by molar-refractivity contribution is 5.81. The van der Waals surface area contributed by atoms with E-state index in [1.54, 1.807) is 0 Å². The molecule has 0 heterocycles. The fourth-order valence-corrected chi connectivity index (χ4v) is 2.88. The first-order chi connectivity index (χ1) is 10.3. The molecular weight excluding hydrogens is 264 g/mol. The topological polar surface area (TPSA) is 64.4 Å². The second-order valence-corrected chi connectivity index (χ2v) is 5.80. The van der Waals surface area contributed by atoms with Crippen LogP contribution >= 0.6 is 0 Å². The summed E-state index contributed by atoms with van der Waals surface area (Å²) < 4.78 is 5.53. The molecule has 3 N–H and O–H groups in total. The molecule has 1 aliphatic carbocycles. The van der Waals surface area contributed by atoms with Gasteiger partial charge in [-0.1, -0.05) is 50.3 Å². The third-order valence-corrected chi connectivity index (χ3v) is 4.06. The zero-order valence-corrected chi connectivity index (χ0v) is 12.6. The molecule has 0 aliphatic heterocycles. The molecule has 2 rings (SSSR count). The summed E-state index contributed by atoms with van der Waals surface area (Å²) in [5.74, 6) is 1.38. The van der Waals surface area contributed by atoms with Crippen LogP contribution in [0, 0.1) is 5.92 Å².